The van der Waals surface area contributed by atoms with Gasteiger partial charge in [-0.15, -0.1) is 0 Å². The van der Waals surface area contributed by atoms with E-state index in [-0.39, 0.29) is 0 Å². The maximum absolute atomic E-state index is 11.6. The number of imide groups is 1. The van der Waals surface area contributed by atoms with Crippen LogP contribution in [0.25, 0.3) is 16.5 Å². The highest BCUT2D eigenvalue weighted by atomic mass is 16.5. The zero-order valence-corrected chi connectivity index (χ0v) is 9.52. The highest BCUT2D eigenvalue weighted by molar-refractivity contribution is 6.34. The number of fused-ring (bicyclic) bond motifs is 1. The van der Waals surface area contributed by atoms with Gasteiger partial charge in [0.25, 0.3) is 11.8 Å². The van der Waals surface area contributed by atoms with Gasteiger partial charge < -0.3 is 9.15 Å². The zero-order valence-electron chi connectivity index (χ0n) is 9.52. The van der Waals surface area contributed by atoms with Crippen LogP contribution in [0.4, 0.5) is 0 Å². The summed E-state index contributed by atoms with van der Waals surface area (Å²) < 4.78 is 10.6. The summed E-state index contributed by atoms with van der Waals surface area (Å²) in [4.78, 5) is 22.8. The number of hydrogen-bond acceptors (Lipinski definition) is 4. The Morgan fingerprint density at radius 2 is 2.06 bits per heavy atom. The predicted octanol–water partition coefficient (Wildman–Crippen LogP) is 1.48. The highest BCUT2D eigenvalue weighted by Gasteiger charge is 2.25. The van der Waals surface area contributed by atoms with Crippen molar-refractivity contribution in [2.75, 3.05) is 7.11 Å². The SMILES string of the molecule is COc1ccc(C2=CC(=O)NC2=O)c2occc12. The minimum Gasteiger partial charge on any atom is -0.496 e. The number of hydrogen-bond donors (Lipinski definition) is 1. The van der Waals surface area contributed by atoms with Crippen molar-refractivity contribution in [2.45, 2.75) is 0 Å². The summed E-state index contributed by atoms with van der Waals surface area (Å²) in [6.45, 7) is 0. The van der Waals surface area contributed by atoms with E-state index in [1.807, 2.05) is 0 Å². The van der Waals surface area contributed by atoms with Crippen molar-refractivity contribution >= 4 is 28.4 Å². The number of nitrogens with one attached hydrogen (secondary N) is 1. The Labute approximate surface area is 102 Å². The summed E-state index contributed by atoms with van der Waals surface area (Å²) in [5.74, 6) is -0.166. The fraction of sp³-hybridized carbons (Fsp3) is 0.0769. The van der Waals surface area contributed by atoms with Gasteiger partial charge in [-0.1, -0.05) is 0 Å². The molecule has 0 saturated carbocycles. The van der Waals surface area contributed by atoms with E-state index in [0.717, 1.165) is 5.39 Å². The quantitative estimate of drug-likeness (QED) is 0.811. The van der Waals surface area contributed by atoms with Gasteiger partial charge in [-0.3, -0.25) is 14.9 Å². The van der Waals surface area contributed by atoms with Crippen LogP contribution in [0.2, 0.25) is 0 Å². The van der Waals surface area contributed by atoms with Crippen LogP contribution in [-0.2, 0) is 9.59 Å². The molecular formula is C13H9NO4. The molecule has 90 valence electrons. The molecule has 1 aliphatic rings. The second-order valence-electron chi connectivity index (χ2n) is 3.86. The van der Waals surface area contributed by atoms with Gasteiger partial charge in [-0.2, -0.15) is 0 Å². The largest absolute Gasteiger partial charge is 0.496 e. The highest BCUT2D eigenvalue weighted by Crippen LogP contribution is 2.33. The lowest BCUT2D eigenvalue weighted by Crippen LogP contribution is -2.21. The maximum atomic E-state index is 11.6. The van der Waals surface area contributed by atoms with E-state index in [1.165, 1.54) is 12.3 Å². The first-order valence-corrected chi connectivity index (χ1v) is 5.32. The second-order valence-corrected chi connectivity index (χ2v) is 3.86. The predicted molar refractivity (Wildman–Crippen MR) is 63.9 cm³/mol. The summed E-state index contributed by atoms with van der Waals surface area (Å²) in [6.07, 6.45) is 2.79. The number of carbonyl (C=O) groups excluding carboxylic acids is 2. The van der Waals surface area contributed by atoms with Crippen molar-refractivity contribution in [2.24, 2.45) is 0 Å². The first-order chi connectivity index (χ1) is 8.70. The number of rotatable bonds is 2. The molecule has 2 amide bonds. The average Bonchev–Trinajstić information content (AvgIpc) is 2.94. The lowest BCUT2D eigenvalue weighted by atomic mass is 10.0. The van der Waals surface area contributed by atoms with Crippen molar-refractivity contribution in [3.63, 3.8) is 0 Å². The molecule has 1 aliphatic heterocycles. The van der Waals surface area contributed by atoms with Crippen molar-refractivity contribution in [1.82, 2.24) is 5.32 Å². The molecule has 1 aromatic carbocycles. The van der Waals surface area contributed by atoms with Gasteiger partial charge in [0.15, 0.2) is 0 Å². The Morgan fingerprint density at radius 3 is 2.72 bits per heavy atom. The third-order valence-corrected chi connectivity index (χ3v) is 2.84. The summed E-state index contributed by atoms with van der Waals surface area (Å²) in [6, 6.07) is 5.20. The molecule has 1 aromatic heterocycles. The molecule has 3 rings (SSSR count). The first kappa shape index (κ1) is 10.6. The molecule has 0 fully saturated rings. The molecule has 18 heavy (non-hydrogen) atoms. The molecule has 0 bridgehead atoms. The minimum absolute atomic E-state index is 0.308. The third-order valence-electron chi connectivity index (χ3n) is 2.84. The van der Waals surface area contributed by atoms with Gasteiger partial charge in [0, 0.05) is 11.6 Å². The Morgan fingerprint density at radius 1 is 1.22 bits per heavy atom. The van der Waals surface area contributed by atoms with E-state index >= 15 is 0 Å². The van der Waals surface area contributed by atoms with Gasteiger partial charge in [-0.05, 0) is 18.2 Å². The Kier molecular flexibility index (Phi) is 2.19. The van der Waals surface area contributed by atoms with Gasteiger partial charge in [0.2, 0.25) is 0 Å². The Balaban J connectivity index is 2.25. The van der Waals surface area contributed by atoms with Gasteiger partial charge in [0.1, 0.15) is 11.3 Å². The number of benzene rings is 1. The van der Waals surface area contributed by atoms with Gasteiger partial charge in [-0.25, -0.2) is 0 Å². The van der Waals surface area contributed by atoms with Crippen molar-refractivity contribution in [3.05, 3.63) is 36.1 Å². The molecule has 2 aromatic rings. The van der Waals surface area contributed by atoms with E-state index in [9.17, 15) is 9.59 Å². The van der Waals surface area contributed by atoms with Crippen LogP contribution in [0.1, 0.15) is 5.56 Å². The Bertz CT molecular complexity index is 696. The molecule has 2 heterocycles. The van der Waals surface area contributed by atoms with E-state index in [2.05, 4.69) is 5.32 Å². The summed E-state index contributed by atoms with van der Waals surface area (Å²) in [5, 5.41) is 2.97. The second kappa shape index (κ2) is 3.73. The number of carbonyl (C=O) groups is 2. The lowest BCUT2D eigenvalue weighted by molar-refractivity contribution is -0.123. The van der Waals surface area contributed by atoms with Crippen LogP contribution >= 0.6 is 0 Å². The monoisotopic (exact) mass is 243 g/mol. The summed E-state index contributed by atoms with van der Waals surface area (Å²) >= 11 is 0. The van der Waals surface area contributed by atoms with Crippen LogP contribution in [0.5, 0.6) is 5.75 Å². The van der Waals surface area contributed by atoms with Gasteiger partial charge >= 0.3 is 0 Å². The number of ether oxygens (including phenoxy) is 1. The van der Waals surface area contributed by atoms with Crippen molar-refractivity contribution in [3.8, 4) is 5.75 Å². The third kappa shape index (κ3) is 1.41. The van der Waals surface area contributed by atoms with Crippen LogP contribution in [0.15, 0.2) is 35.0 Å². The average molecular weight is 243 g/mol. The minimum atomic E-state index is -0.414. The Hall–Kier alpha value is -2.56. The molecule has 0 saturated heterocycles. The smallest absolute Gasteiger partial charge is 0.259 e. The molecule has 0 aliphatic carbocycles. The molecule has 5 nitrogen and oxygen atoms in total. The fourth-order valence-corrected chi connectivity index (χ4v) is 2.04. The maximum Gasteiger partial charge on any atom is 0.259 e. The summed E-state index contributed by atoms with van der Waals surface area (Å²) in [5.41, 5.74) is 1.42. The van der Waals surface area contributed by atoms with E-state index in [0.29, 0.717) is 22.5 Å². The topological polar surface area (TPSA) is 68.5 Å². The zero-order chi connectivity index (χ0) is 12.7. The number of amides is 2. The molecule has 0 unspecified atom stereocenters. The standard InChI is InChI=1S/C13H9NO4/c1-17-10-3-2-7(12-8(10)4-5-18-12)9-6-11(15)14-13(9)16/h2-6H,1H3,(H,14,15,16). The number of methoxy groups -OCH3 is 1. The molecule has 5 heteroatoms. The molecule has 0 atom stereocenters. The van der Waals surface area contributed by atoms with E-state index in [1.54, 1.807) is 25.3 Å². The normalized spacial score (nSPS) is 14.8. The first-order valence-electron chi connectivity index (χ1n) is 5.32. The number of furan rings is 1. The molecular weight excluding hydrogens is 234 g/mol. The van der Waals surface area contributed by atoms with E-state index in [4.69, 9.17) is 9.15 Å². The van der Waals surface area contributed by atoms with Crippen LogP contribution in [0, 0.1) is 0 Å². The van der Waals surface area contributed by atoms with Crippen LogP contribution < -0.4 is 10.1 Å². The van der Waals surface area contributed by atoms with Crippen molar-refractivity contribution in [1.29, 1.82) is 0 Å². The van der Waals surface area contributed by atoms with Crippen molar-refractivity contribution < 1.29 is 18.7 Å². The van der Waals surface area contributed by atoms with E-state index < -0.39 is 11.8 Å². The van der Waals surface area contributed by atoms with Crippen LogP contribution in [-0.4, -0.2) is 18.9 Å². The summed E-state index contributed by atoms with van der Waals surface area (Å²) in [7, 11) is 1.56. The molecule has 0 spiro atoms. The molecule has 0 radical (unpaired) electrons. The molecule has 1 N–H and O–H groups in total. The van der Waals surface area contributed by atoms with Gasteiger partial charge in [0.05, 0.1) is 24.3 Å². The van der Waals surface area contributed by atoms with Crippen LogP contribution in [0.3, 0.4) is 0 Å². The lowest BCUT2D eigenvalue weighted by Gasteiger charge is -2.05. The fourth-order valence-electron chi connectivity index (χ4n) is 2.04.